The van der Waals surface area contributed by atoms with Crippen LogP contribution in [-0.2, 0) is 4.79 Å². The third kappa shape index (κ3) is 5.14. The Kier molecular flexibility index (Phi) is 6.91. The Morgan fingerprint density at radius 2 is 1.81 bits per heavy atom. The number of carbonyl (C=O) groups is 3. The van der Waals surface area contributed by atoms with Crippen molar-refractivity contribution in [2.45, 2.75) is 40.2 Å². The molecule has 4 rings (SSSR count). The molecular weight excluding hydrogens is 462 g/mol. The molecule has 9 nitrogen and oxygen atoms in total. The number of fused-ring (bicyclic) bond motifs is 1. The molecule has 1 aromatic heterocycles. The summed E-state index contributed by atoms with van der Waals surface area (Å²) >= 11 is 0. The number of hydrogen-bond acceptors (Lipinski definition) is 8. The summed E-state index contributed by atoms with van der Waals surface area (Å²) in [7, 11) is 0. The van der Waals surface area contributed by atoms with Crippen molar-refractivity contribution in [2.75, 3.05) is 17.7 Å². The molecule has 2 heterocycles. The molecule has 1 aliphatic rings. The van der Waals surface area contributed by atoms with Crippen molar-refractivity contribution < 1.29 is 28.6 Å². The predicted molar refractivity (Wildman–Crippen MR) is 134 cm³/mol. The normalized spacial score (nSPS) is 14.4. The van der Waals surface area contributed by atoms with Crippen molar-refractivity contribution in [1.29, 1.82) is 0 Å². The summed E-state index contributed by atoms with van der Waals surface area (Å²) in [5.41, 5.74) is 9.08. The fourth-order valence-electron chi connectivity index (χ4n) is 4.05. The van der Waals surface area contributed by atoms with Gasteiger partial charge in [-0.2, -0.15) is 0 Å². The maximum atomic E-state index is 13.0. The number of benzene rings is 2. The molecule has 0 fully saturated rings. The maximum absolute atomic E-state index is 13.0. The van der Waals surface area contributed by atoms with Gasteiger partial charge in [0.2, 0.25) is 0 Å². The molecule has 1 aliphatic heterocycles. The molecular formula is C27H27N3O6. The van der Waals surface area contributed by atoms with Crippen LogP contribution in [0.4, 0.5) is 11.5 Å². The van der Waals surface area contributed by atoms with E-state index in [0.717, 1.165) is 11.1 Å². The van der Waals surface area contributed by atoms with Crippen LogP contribution in [0, 0.1) is 20.8 Å². The lowest BCUT2D eigenvalue weighted by molar-refractivity contribution is -0.132. The molecule has 3 aromatic rings. The molecule has 36 heavy (non-hydrogen) atoms. The molecule has 1 amide bonds. The zero-order valence-corrected chi connectivity index (χ0v) is 20.5. The lowest BCUT2D eigenvalue weighted by Crippen LogP contribution is -2.33. The Labute approximate surface area is 208 Å². The number of pyridine rings is 1. The first-order chi connectivity index (χ1) is 17.1. The van der Waals surface area contributed by atoms with Crippen LogP contribution in [0.15, 0.2) is 42.6 Å². The molecule has 1 atom stereocenters. The van der Waals surface area contributed by atoms with Crippen LogP contribution in [0.25, 0.3) is 0 Å². The van der Waals surface area contributed by atoms with Gasteiger partial charge in [0.15, 0.2) is 5.78 Å². The van der Waals surface area contributed by atoms with Crippen molar-refractivity contribution in [1.82, 2.24) is 4.98 Å². The van der Waals surface area contributed by atoms with Gasteiger partial charge in [-0.15, -0.1) is 0 Å². The van der Waals surface area contributed by atoms with Gasteiger partial charge >= 0.3 is 5.97 Å². The summed E-state index contributed by atoms with van der Waals surface area (Å²) in [6.45, 7) is 6.92. The Bertz CT molecular complexity index is 1330. The van der Waals surface area contributed by atoms with E-state index in [4.69, 9.17) is 19.9 Å². The first kappa shape index (κ1) is 24.7. The van der Waals surface area contributed by atoms with Crippen LogP contribution >= 0.6 is 0 Å². The number of amides is 1. The van der Waals surface area contributed by atoms with Crippen LogP contribution in [-0.4, -0.2) is 35.4 Å². The minimum atomic E-state index is -0.473. The molecule has 0 saturated heterocycles. The zero-order valence-electron chi connectivity index (χ0n) is 20.5. The number of anilines is 2. The Hall–Kier alpha value is -4.40. The summed E-state index contributed by atoms with van der Waals surface area (Å²) < 4.78 is 17.4. The number of nitrogens with two attached hydrogens (primary N) is 1. The quantitative estimate of drug-likeness (QED) is 0.390. The lowest BCUT2D eigenvalue weighted by Gasteiger charge is -2.29. The molecule has 3 N–H and O–H groups in total. The number of nitrogen functional groups attached to an aromatic ring is 1. The molecule has 186 valence electrons. The summed E-state index contributed by atoms with van der Waals surface area (Å²) in [4.78, 5) is 40.7. The average molecular weight is 490 g/mol. The van der Waals surface area contributed by atoms with Gasteiger partial charge in [0.05, 0.1) is 17.5 Å². The highest BCUT2D eigenvalue weighted by Crippen LogP contribution is 2.41. The van der Waals surface area contributed by atoms with Gasteiger partial charge in [0.25, 0.3) is 5.91 Å². The van der Waals surface area contributed by atoms with E-state index in [-0.39, 0.29) is 24.7 Å². The standard InChI is InChI=1S/C27H27N3O6/c1-14-15(2)26-24(16(3)25(14)35-17(4)31)22(32)11-21(36-26)13-34-20-8-6-19(7-9-20)30-27(33)18-5-10-23(28)29-12-18/h5-10,12,21H,11,13H2,1-4H3,(H2,28,29)(H,30,33). The van der Waals surface area contributed by atoms with E-state index in [0.29, 0.717) is 45.4 Å². The molecule has 0 saturated carbocycles. The summed E-state index contributed by atoms with van der Waals surface area (Å²) in [6, 6.07) is 10.0. The first-order valence-electron chi connectivity index (χ1n) is 11.4. The number of rotatable bonds is 6. The van der Waals surface area contributed by atoms with E-state index < -0.39 is 12.1 Å². The molecule has 2 aromatic carbocycles. The van der Waals surface area contributed by atoms with Gasteiger partial charge in [-0.25, -0.2) is 4.98 Å². The van der Waals surface area contributed by atoms with Gasteiger partial charge in [-0.3, -0.25) is 14.4 Å². The molecule has 1 unspecified atom stereocenters. The number of nitrogens with zero attached hydrogens (tertiary/aromatic N) is 1. The van der Waals surface area contributed by atoms with E-state index in [2.05, 4.69) is 10.3 Å². The molecule has 0 bridgehead atoms. The summed E-state index contributed by atoms with van der Waals surface area (Å²) in [5.74, 6) is 0.983. The van der Waals surface area contributed by atoms with Crippen LogP contribution in [0.2, 0.25) is 0 Å². The van der Waals surface area contributed by atoms with E-state index in [1.54, 1.807) is 43.3 Å². The smallest absolute Gasteiger partial charge is 0.308 e. The molecule has 0 spiro atoms. The summed E-state index contributed by atoms with van der Waals surface area (Å²) in [5, 5.41) is 2.78. The fourth-order valence-corrected chi connectivity index (χ4v) is 4.05. The van der Waals surface area contributed by atoms with Gasteiger partial charge in [-0.05, 0) is 68.3 Å². The van der Waals surface area contributed by atoms with Crippen LogP contribution in [0.3, 0.4) is 0 Å². The van der Waals surface area contributed by atoms with E-state index in [1.807, 2.05) is 13.8 Å². The number of esters is 1. The second-order valence-electron chi connectivity index (χ2n) is 8.63. The predicted octanol–water partition coefficient (Wildman–Crippen LogP) is 4.18. The SMILES string of the molecule is CC(=O)Oc1c(C)c(C)c2c(c1C)C(=O)CC(COc1ccc(NC(=O)c3ccc(N)nc3)cc1)O2. The van der Waals surface area contributed by atoms with Gasteiger partial charge < -0.3 is 25.3 Å². The summed E-state index contributed by atoms with van der Waals surface area (Å²) in [6.07, 6.45) is 1.08. The molecule has 0 radical (unpaired) electrons. The highest BCUT2D eigenvalue weighted by atomic mass is 16.5. The zero-order chi connectivity index (χ0) is 26.0. The second-order valence-corrected chi connectivity index (χ2v) is 8.63. The molecule has 9 heteroatoms. The second kappa shape index (κ2) is 10.1. The third-order valence-electron chi connectivity index (χ3n) is 6.01. The van der Waals surface area contributed by atoms with Crippen LogP contribution in [0.5, 0.6) is 17.2 Å². The topological polar surface area (TPSA) is 130 Å². The van der Waals surface area contributed by atoms with Crippen LogP contribution in [0.1, 0.15) is 50.8 Å². The number of ketones is 1. The maximum Gasteiger partial charge on any atom is 0.308 e. The van der Waals surface area contributed by atoms with Crippen molar-refractivity contribution in [3.05, 3.63) is 70.4 Å². The third-order valence-corrected chi connectivity index (χ3v) is 6.01. The number of carbonyl (C=O) groups excluding carboxylic acids is 3. The Morgan fingerprint density at radius 3 is 2.44 bits per heavy atom. The number of ether oxygens (including phenoxy) is 3. The van der Waals surface area contributed by atoms with Gasteiger partial charge in [0, 0.05) is 24.4 Å². The first-order valence-corrected chi connectivity index (χ1v) is 11.4. The minimum absolute atomic E-state index is 0.0888. The molecule has 0 aliphatic carbocycles. The largest absolute Gasteiger partial charge is 0.490 e. The fraction of sp³-hybridized carbons (Fsp3) is 0.259. The number of nitrogens with one attached hydrogen (secondary N) is 1. The number of hydrogen-bond donors (Lipinski definition) is 2. The highest BCUT2D eigenvalue weighted by Gasteiger charge is 2.33. The van der Waals surface area contributed by atoms with Crippen LogP contribution < -0.4 is 25.3 Å². The monoisotopic (exact) mass is 489 g/mol. The average Bonchev–Trinajstić information content (AvgIpc) is 2.84. The van der Waals surface area contributed by atoms with Crippen molar-refractivity contribution in [3.63, 3.8) is 0 Å². The Morgan fingerprint density at radius 1 is 1.08 bits per heavy atom. The number of aromatic nitrogens is 1. The Balaban J connectivity index is 1.41. The highest BCUT2D eigenvalue weighted by molar-refractivity contribution is 6.04. The van der Waals surface area contributed by atoms with Crippen molar-refractivity contribution in [2.24, 2.45) is 0 Å². The van der Waals surface area contributed by atoms with Crippen molar-refractivity contribution in [3.8, 4) is 17.2 Å². The number of Topliss-reactive ketones (excluding diaryl/α,β-unsaturated/α-hetero) is 1. The van der Waals surface area contributed by atoms with Gasteiger partial charge in [0.1, 0.15) is 35.8 Å². The van der Waals surface area contributed by atoms with E-state index in [9.17, 15) is 14.4 Å². The van der Waals surface area contributed by atoms with Crippen molar-refractivity contribution >= 4 is 29.2 Å². The van der Waals surface area contributed by atoms with E-state index in [1.165, 1.54) is 13.1 Å². The van der Waals surface area contributed by atoms with E-state index >= 15 is 0 Å². The van der Waals surface area contributed by atoms with Gasteiger partial charge in [-0.1, -0.05) is 0 Å². The minimum Gasteiger partial charge on any atom is -0.490 e. The lowest BCUT2D eigenvalue weighted by atomic mass is 9.91.